The van der Waals surface area contributed by atoms with Crippen LogP contribution in [0, 0.1) is 6.92 Å². The number of aromatic carboxylic acids is 1. The quantitative estimate of drug-likeness (QED) is 0.369. The average molecular weight is 481 g/mol. The fourth-order valence-corrected chi connectivity index (χ4v) is 3.82. The zero-order chi connectivity index (χ0) is 22.5. The highest BCUT2D eigenvalue weighted by Crippen LogP contribution is 2.38. The number of hydrogen-bond donors (Lipinski definition) is 2. The molecule has 5 nitrogen and oxygen atoms in total. The first-order valence-corrected chi connectivity index (χ1v) is 10.4. The molecule has 0 aromatic heterocycles. The number of nitrogens with one attached hydrogen (secondary N) is 1. The molecule has 2 N–H and O–H groups in total. The van der Waals surface area contributed by atoms with Gasteiger partial charge in [-0.05, 0) is 60.5 Å². The Labute approximate surface area is 195 Å². The highest BCUT2D eigenvalue weighted by atomic mass is 35.5. The fourth-order valence-electron chi connectivity index (χ4n) is 3.02. The summed E-state index contributed by atoms with van der Waals surface area (Å²) in [6.07, 6.45) is 0. The molecule has 8 heteroatoms. The van der Waals surface area contributed by atoms with E-state index in [2.05, 4.69) is 5.32 Å². The van der Waals surface area contributed by atoms with Gasteiger partial charge in [0.15, 0.2) is 11.5 Å². The second-order valence-corrected chi connectivity index (χ2v) is 8.01. The van der Waals surface area contributed by atoms with Crippen LogP contribution in [0.5, 0.6) is 11.5 Å². The van der Waals surface area contributed by atoms with E-state index in [1.165, 1.54) is 7.11 Å². The van der Waals surface area contributed by atoms with E-state index in [1.807, 2.05) is 13.0 Å². The third kappa shape index (κ3) is 5.56. The first-order valence-electron chi connectivity index (χ1n) is 9.30. The Morgan fingerprint density at radius 2 is 1.74 bits per heavy atom. The van der Waals surface area contributed by atoms with Crippen LogP contribution in [0.15, 0.2) is 48.5 Å². The molecule has 0 heterocycles. The smallest absolute Gasteiger partial charge is 0.335 e. The van der Waals surface area contributed by atoms with E-state index in [-0.39, 0.29) is 12.2 Å². The normalized spacial score (nSPS) is 10.6. The van der Waals surface area contributed by atoms with Crippen LogP contribution in [0.3, 0.4) is 0 Å². The van der Waals surface area contributed by atoms with Crippen molar-refractivity contribution in [2.45, 2.75) is 20.1 Å². The van der Waals surface area contributed by atoms with E-state index in [0.717, 1.165) is 16.8 Å². The summed E-state index contributed by atoms with van der Waals surface area (Å²) in [5, 5.41) is 13.8. The molecular formula is C23H20Cl3NO4. The third-order valence-electron chi connectivity index (χ3n) is 4.67. The van der Waals surface area contributed by atoms with Crippen LogP contribution >= 0.6 is 34.8 Å². The topological polar surface area (TPSA) is 67.8 Å². The van der Waals surface area contributed by atoms with E-state index in [9.17, 15) is 4.79 Å². The van der Waals surface area contributed by atoms with Crippen molar-refractivity contribution >= 4 is 46.5 Å². The summed E-state index contributed by atoms with van der Waals surface area (Å²) in [5.74, 6) is -0.0869. The fraction of sp³-hybridized carbons (Fsp3) is 0.174. The molecule has 0 fully saturated rings. The largest absolute Gasteiger partial charge is 0.493 e. The minimum Gasteiger partial charge on any atom is -0.493 e. The molecule has 0 bridgehead atoms. The summed E-state index contributed by atoms with van der Waals surface area (Å²) in [5.41, 5.74) is 3.43. The van der Waals surface area contributed by atoms with Crippen LogP contribution in [-0.4, -0.2) is 18.2 Å². The van der Waals surface area contributed by atoms with Crippen molar-refractivity contribution in [1.29, 1.82) is 0 Å². The first kappa shape index (κ1) is 23.1. The molecule has 0 saturated carbocycles. The number of benzene rings is 3. The maximum atomic E-state index is 11.1. The minimum absolute atomic E-state index is 0.140. The summed E-state index contributed by atoms with van der Waals surface area (Å²) in [4.78, 5) is 11.1. The molecule has 31 heavy (non-hydrogen) atoms. The molecule has 0 unspecified atom stereocenters. The minimum atomic E-state index is -0.958. The highest BCUT2D eigenvalue weighted by molar-refractivity contribution is 6.36. The van der Waals surface area contributed by atoms with Gasteiger partial charge in [-0.25, -0.2) is 4.79 Å². The van der Waals surface area contributed by atoms with Crippen molar-refractivity contribution in [3.63, 3.8) is 0 Å². The van der Waals surface area contributed by atoms with Crippen molar-refractivity contribution in [3.05, 3.63) is 85.9 Å². The Balaban J connectivity index is 1.75. The highest BCUT2D eigenvalue weighted by Gasteiger charge is 2.15. The number of rotatable bonds is 8. The van der Waals surface area contributed by atoms with Crippen LogP contribution in [0.25, 0.3) is 0 Å². The standard InChI is InChI=1S/C23H20Cl3NO4/c1-13-8-15(23(28)29)6-7-20(13)27-11-14-9-19(26)22(21(10-14)30-2)31-12-16-17(24)4-3-5-18(16)25/h3-10,27H,11-12H2,1-2H3,(H,28,29). The average Bonchev–Trinajstić information content (AvgIpc) is 2.73. The van der Waals surface area contributed by atoms with Crippen molar-refractivity contribution in [3.8, 4) is 11.5 Å². The van der Waals surface area contributed by atoms with Crippen LogP contribution in [0.2, 0.25) is 15.1 Å². The number of carboxylic acids is 1. The number of hydrogen-bond acceptors (Lipinski definition) is 4. The molecule has 0 aliphatic heterocycles. The lowest BCUT2D eigenvalue weighted by Crippen LogP contribution is -2.05. The predicted octanol–water partition coefficient (Wildman–Crippen LogP) is 6.85. The zero-order valence-corrected chi connectivity index (χ0v) is 19.1. The van der Waals surface area contributed by atoms with Gasteiger partial charge in [0.25, 0.3) is 0 Å². The van der Waals surface area contributed by atoms with Crippen LogP contribution in [0.4, 0.5) is 5.69 Å². The molecule has 0 aliphatic rings. The van der Waals surface area contributed by atoms with E-state index >= 15 is 0 Å². The summed E-state index contributed by atoms with van der Waals surface area (Å²) in [6.45, 7) is 2.44. The maximum absolute atomic E-state index is 11.1. The van der Waals surface area contributed by atoms with E-state index < -0.39 is 5.97 Å². The molecule has 0 atom stereocenters. The number of carbonyl (C=O) groups is 1. The summed E-state index contributed by atoms with van der Waals surface area (Å²) >= 11 is 18.9. The van der Waals surface area contributed by atoms with Crippen LogP contribution in [-0.2, 0) is 13.2 Å². The van der Waals surface area contributed by atoms with Gasteiger partial charge in [-0.1, -0.05) is 40.9 Å². The first-order chi connectivity index (χ1) is 14.8. The molecule has 162 valence electrons. The molecule has 3 aromatic carbocycles. The summed E-state index contributed by atoms with van der Waals surface area (Å²) in [6, 6.07) is 13.8. The molecule has 0 spiro atoms. The number of halogens is 3. The molecule has 3 rings (SSSR count). The predicted molar refractivity (Wildman–Crippen MR) is 124 cm³/mol. The number of anilines is 1. The van der Waals surface area contributed by atoms with Gasteiger partial charge in [-0.3, -0.25) is 0 Å². The van der Waals surface area contributed by atoms with Gasteiger partial charge in [0, 0.05) is 27.8 Å². The van der Waals surface area contributed by atoms with E-state index in [1.54, 1.807) is 42.5 Å². The molecular weight excluding hydrogens is 461 g/mol. The second kappa shape index (κ2) is 10.1. The zero-order valence-electron chi connectivity index (χ0n) is 16.8. The van der Waals surface area contributed by atoms with Gasteiger partial charge < -0.3 is 19.9 Å². The Hall–Kier alpha value is -2.60. The Morgan fingerprint density at radius 3 is 2.35 bits per heavy atom. The van der Waals surface area contributed by atoms with Crippen molar-refractivity contribution in [2.24, 2.45) is 0 Å². The van der Waals surface area contributed by atoms with E-state index in [4.69, 9.17) is 49.4 Å². The Bertz CT molecular complexity index is 1100. The van der Waals surface area contributed by atoms with Gasteiger partial charge in [-0.15, -0.1) is 0 Å². The van der Waals surface area contributed by atoms with Crippen LogP contribution in [0.1, 0.15) is 27.0 Å². The monoisotopic (exact) mass is 479 g/mol. The lowest BCUT2D eigenvalue weighted by atomic mass is 10.1. The molecule has 0 aliphatic carbocycles. The van der Waals surface area contributed by atoms with Gasteiger partial charge in [0.1, 0.15) is 6.61 Å². The van der Waals surface area contributed by atoms with Gasteiger partial charge in [0.05, 0.1) is 17.7 Å². The van der Waals surface area contributed by atoms with E-state index in [0.29, 0.717) is 38.7 Å². The number of aryl methyl sites for hydroxylation is 1. The molecule has 3 aromatic rings. The van der Waals surface area contributed by atoms with Crippen molar-refractivity contribution < 1.29 is 19.4 Å². The maximum Gasteiger partial charge on any atom is 0.335 e. The van der Waals surface area contributed by atoms with Gasteiger partial charge >= 0.3 is 5.97 Å². The number of ether oxygens (including phenoxy) is 2. The third-order valence-corrected chi connectivity index (χ3v) is 5.66. The Morgan fingerprint density at radius 1 is 1.03 bits per heavy atom. The summed E-state index contributed by atoms with van der Waals surface area (Å²) < 4.78 is 11.3. The lowest BCUT2D eigenvalue weighted by Gasteiger charge is -2.16. The van der Waals surface area contributed by atoms with Gasteiger partial charge in [-0.2, -0.15) is 0 Å². The number of methoxy groups -OCH3 is 1. The molecule has 0 amide bonds. The SMILES string of the molecule is COc1cc(CNc2ccc(C(=O)O)cc2C)cc(Cl)c1OCc1c(Cl)cccc1Cl. The van der Waals surface area contributed by atoms with Crippen molar-refractivity contribution in [2.75, 3.05) is 12.4 Å². The molecule has 0 radical (unpaired) electrons. The lowest BCUT2D eigenvalue weighted by molar-refractivity contribution is 0.0697. The molecule has 0 saturated heterocycles. The Kier molecular flexibility index (Phi) is 7.55. The summed E-state index contributed by atoms with van der Waals surface area (Å²) in [7, 11) is 1.53. The van der Waals surface area contributed by atoms with Gasteiger partial charge in [0.2, 0.25) is 0 Å². The number of carboxylic acid groups (broad SMARTS) is 1. The second-order valence-electron chi connectivity index (χ2n) is 6.79. The van der Waals surface area contributed by atoms with Crippen LogP contribution < -0.4 is 14.8 Å². The van der Waals surface area contributed by atoms with Crippen molar-refractivity contribution in [1.82, 2.24) is 0 Å².